The molecular weight excluding hydrogens is 412 g/mol. The fraction of sp³-hybridized carbons (Fsp3) is 0.862. The molecular formula is C29H50O4. The summed E-state index contributed by atoms with van der Waals surface area (Å²) in [6.45, 7) is 26.1. The van der Waals surface area contributed by atoms with Crippen molar-refractivity contribution in [3.63, 3.8) is 0 Å². The fourth-order valence-corrected chi connectivity index (χ4v) is 7.75. The summed E-state index contributed by atoms with van der Waals surface area (Å²) >= 11 is 0. The lowest BCUT2D eigenvalue weighted by Crippen LogP contribution is -2.68. The summed E-state index contributed by atoms with van der Waals surface area (Å²) in [6, 6.07) is 0. The summed E-state index contributed by atoms with van der Waals surface area (Å²) in [6.07, 6.45) is 5.34. The van der Waals surface area contributed by atoms with Gasteiger partial charge in [0.25, 0.3) is 0 Å². The molecule has 2 rings (SSSR count). The molecule has 1 saturated carbocycles. The predicted octanol–water partition coefficient (Wildman–Crippen LogP) is 6.93. The number of carbonyl (C=O) groups excluding carboxylic acids is 2. The minimum Gasteiger partial charge on any atom is -0.465 e. The summed E-state index contributed by atoms with van der Waals surface area (Å²) in [5.74, 6) is 0.149. The van der Waals surface area contributed by atoms with Crippen molar-refractivity contribution in [1.82, 2.24) is 0 Å². The first-order chi connectivity index (χ1) is 15.1. The number of fused-ring (bicyclic) bond motifs is 2. The summed E-state index contributed by atoms with van der Waals surface area (Å²) in [5, 5.41) is 0. The van der Waals surface area contributed by atoms with E-state index in [4.69, 9.17) is 9.47 Å². The van der Waals surface area contributed by atoms with E-state index in [1.54, 1.807) is 0 Å². The first kappa shape index (κ1) is 27.9. The Labute approximate surface area is 203 Å². The highest BCUT2D eigenvalue weighted by atomic mass is 16.5. The zero-order chi connectivity index (χ0) is 25.6. The van der Waals surface area contributed by atoms with Crippen LogP contribution in [0.4, 0.5) is 0 Å². The van der Waals surface area contributed by atoms with Crippen LogP contribution < -0.4 is 0 Å². The van der Waals surface area contributed by atoms with Crippen LogP contribution >= 0.6 is 0 Å². The van der Waals surface area contributed by atoms with Gasteiger partial charge in [0.05, 0.1) is 24.0 Å². The Morgan fingerprint density at radius 1 is 0.606 bits per heavy atom. The lowest BCUT2D eigenvalue weighted by atomic mass is 9.40. The molecule has 4 heteroatoms. The van der Waals surface area contributed by atoms with Crippen LogP contribution in [0.25, 0.3) is 0 Å². The summed E-state index contributed by atoms with van der Waals surface area (Å²) < 4.78 is 12.2. The largest absolute Gasteiger partial charge is 0.465 e. The number of hydrogen-bond acceptors (Lipinski definition) is 4. The van der Waals surface area contributed by atoms with Gasteiger partial charge >= 0.3 is 11.9 Å². The van der Waals surface area contributed by atoms with Gasteiger partial charge in [0.15, 0.2) is 0 Å². The van der Waals surface area contributed by atoms with E-state index in [0.29, 0.717) is 13.2 Å². The number of hydrogen-bond donors (Lipinski definition) is 0. The average Bonchev–Trinajstić information content (AvgIpc) is 3.22. The third kappa shape index (κ3) is 3.52. The van der Waals surface area contributed by atoms with Crippen molar-refractivity contribution in [3.05, 3.63) is 12.2 Å². The van der Waals surface area contributed by atoms with Gasteiger partial charge in [-0.2, -0.15) is 0 Å². The standard InChI is InChI=1S/C29H50O4/c1-18(2)15-32-24(30)28(22(9)10)26(20(5)6)13-14-27(17-26,21(7)8)29(28,23(11)12)25(31)33-16-19(3)4/h13-14,18-23H,15-17H2,1-12H3. The van der Waals surface area contributed by atoms with E-state index >= 15 is 0 Å². The van der Waals surface area contributed by atoms with Crippen LogP contribution in [0.1, 0.15) is 89.5 Å². The molecule has 1 fully saturated rings. The Bertz CT molecular complexity index is 700. The Hall–Kier alpha value is -1.32. The Morgan fingerprint density at radius 2 is 0.909 bits per heavy atom. The van der Waals surface area contributed by atoms with Crippen LogP contribution in [0.2, 0.25) is 0 Å². The first-order valence-electron chi connectivity index (χ1n) is 13.2. The molecule has 4 nitrogen and oxygen atoms in total. The van der Waals surface area contributed by atoms with Crippen molar-refractivity contribution in [1.29, 1.82) is 0 Å². The average molecular weight is 463 g/mol. The second-order valence-electron chi connectivity index (χ2n) is 12.8. The molecule has 0 radical (unpaired) electrons. The van der Waals surface area contributed by atoms with Crippen LogP contribution in [0.5, 0.6) is 0 Å². The van der Waals surface area contributed by atoms with Gasteiger partial charge in [-0.3, -0.25) is 9.59 Å². The van der Waals surface area contributed by atoms with Crippen molar-refractivity contribution in [2.24, 2.45) is 57.2 Å². The maximum Gasteiger partial charge on any atom is 0.314 e. The van der Waals surface area contributed by atoms with E-state index in [9.17, 15) is 9.59 Å². The molecule has 4 unspecified atom stereocenters. The molecule has 0 aromatic heterocycles. The topological polar surface area (TPSA) is 52.6 Å². The molecule has 33 heavy (non-hydrogen) atoms. The van der Waals surface area contributed by atoms with Gasteiger partial charge in [-0.25, -0.2) is 0 Å². The van der Waals surface area contributed by atoms with Crippen LogP contribution in [-0.4, -0.2) is 25.2 Å². The summed E-state index contributed by atoms with van der Waals surface area (Å²) in [5.41, 5.74) is -2.96. The van der Waals surface area contributed by atoms with Crippen molar-refractivity contribution >= 4 is 11.9 Å². The number of allylic oxidation sites excluding steroid dienone is 2. The monoisotopic (exact) mass is 462 g/mol. The van der Waals surface area contributed by atoms with E-state index in [-0.39, 0.29) is 47.4 Å². The van der Waals surface area contributed by atoms with E-state index < -0.39 is 21.7 Å². The Balaban J connectivity index is 2.99. The lowest BCUT2D eigenvalue weighted by molar-refractivity contribution is -0.214. The minimum absolute atomic E-state index is 0.0980. The zero-order valence-electron chi connectivity index (χ0n) is 23.4. The third-order valence-corrected chi connectivity index (χ3v) is 8.89. The molecule has 2 aliphatic carbocycles. The van der Waals surface area contributed by atoms with Gasteiger partial charge in [0.2, 0.25) is 0 Å². The molecule has 2 bridgehead atoms. The second kappa shape index (κ2) is 9.38. The van der Waals surface area contributed by atoms with E-state index in [1.165, 1.54) is 0 Å². The van der Waals surface area contributed by atoms with E-state index in [1.807, 2.05) is 0 Å². The molecule has 4 atom stereocenters. The van der Waals surface area contributed by atoms with Gasteiger partial charge in [-0.15, -0.1) is 0 Å². The van der Waals surface area contributed by atoms with E-state index in [2.05, 4.69) is 95.2 Å². The molecule has 0 saturated heterocycles. The normalized spacial score (nSPS) is 33.4. The van der Waals surface area contributed by atoms with Crippen molar-refractivity contribution in [3.8, 4) is 0 Å². The maximum atomic E-state index is 14.5. The fourth-order valence-electron chi connectivity index (χ4n) is 7.75. The van der Waals surface area contributed by atoms with Gasteiger partial charge < -0.3 is 9.47 Å². The van der Waals surface area contributed by atoms with Gasteiger partial charge in [-0.05, 0) is 41.9 Å². The van der Waals surface area contributed by atoms with Gasteiger partial charge in [0.1, 0.15) is 0 Å². The number of esters is 2. The number of carbonyl (C=O) groups is 2. The van der Waals surface area contributed by atoms with Gasteiger partial charge in [-0.1, -0.05) is 95.2 Å². The quantitative estimate of drug-likeness (QED) is 0.261. The minimum atomic E-state index is -1.01. The molecule has 0 aliphatic heterocycles. The first-order valence-corrected chi connectivity index (χ1v) is 13.2. The van der Waals surface area contributed by atoms with Crippen LogP contribution in [0.3, 0.4) is 0 Å². The molecule has 0 amide bonds. The van der Waals surface area contributed by atoms with Crippen molar-refractivity contribution < 1.29 is 19.1 Å². The third-order valence-electron chi connectivity index (χ3n) is 8.89. The van der Waals surface area contributed by atoms with Crippen LogP contribution in [0.15, 0.2) is 12.2 Å². The molecule has 0 N–H and O–H groups in total. The summed E-state index contributed by atoms with van der Waals surface area (Å²) in [4.78, 5) is 29.0. The van der Waals surface area contributed by atoms with Crippen molar-refractivity contribution in [2.75, 3.05) is 13.2 Å². The highest BCUT2D eigenvalue weighted by molar-refractivity contribution is 5.93. The Morgan fingerprint density at radius 3 is 1.12 bits per heavy atom. The molecule has 190 valence electrons. The lowest BCUT2D eigenvalue weighted by Gasteiger charge is -2.60. The molecule has 0 spiro atoms. The van der Waals surface area contributed by atoms with Gasteiger partial charge in [0, 0.05) is 10.8 Å². The highest BCUT2D eigenvalue weighted by Crippen LogP contribution is 2.83. The van der Waals surface area contributed by atoms with E-state index in [0.717, 1.165) is 6.42 Å². The zero-order valence-corrected chi connectivity index (χ0v) is 23.4. The highest BCUT2D eigenvalue weighted by Gasteiger charge is 2.86. The number of rotatable bonds is 10. The van der Waals surface area contributed by atoms with Crippen molar-refractivity contribution in [2.45, 2.75) is 89.5 Å². The Kier molecular flexibility index (Phi) is 7.94. The molecule has 0 aromatic rings. The SMILES string of the molecule is CC(C)COC(=O)C1(C(C)C)C2(C(C)C)C=CC(C(C)C)(C2)C1(C(=O)OCC(C)C)C(C)C. The molecule has 2 aliphatic rings. The second-order valence-corrected chi connectivity index (χ2v) is 12.8. The predicted molar refractivity (Wildman–Crippen MR) is 134 cm³/mol. The number of ether oxygens (including phenoxy) is 2. The van der Waals surface area contributed by atoms with Crippen LogP contribution in [0, 0.1) is 57.2 Å². The summed E-state index contributed by atoms with van der Waals surface area (Å²) in [7, 11) is 0. The van der Waals surface area contributed by atoms with Crippen LogP contribution in [-0.2, 0) is 19.1 Å². The molecule has 0 aromatic carbocycles. The molecule has 0 heterocycles. The maximum absolute atomic E-state index is 14.5. The smallest absolute Gasteiger partial charge is 0.314 e.